The van der Waals surface area contributed by atoms with Gasteiger partial charge < -0.3 is 10.4 Å². The second-order valence-corrected chi connectivity index (χ2v) is 2.34. The van der Waals surface area contributed by atoms with Crippen molar-refractivity contribution in [3.63, 3.8) is 0 Å². The standard InChI is InChI=1S/C7H11NO3/c1-5(2)3-6(7(10)11)8-4-9/h4,6H,1,3H2,2H3,(H,8,9)(H,10,11). The molecule has 0 radical (unpaired) electrons. The zero-order chi connectivity index (χ0) is 8.85. The molecule has 62 valence electrons. The van der Waals surface area contributed by atoms with Gasteiger partial charge in [0.25, 0.3) is 0 Å². The summed E-state index contributed by atoms with van der Waals surface area (Å²) in [5.41, 5.74) is 0.728. The minimum absolute atomic E-state index is 0.272. The second-order valence-electron chi connectivity index (χ2n) is 2.34. The van der Waals surface area contributed by atoms with Crippen molar-refractivity contribution < 1.29 is 14.7 Å². The van der Waals surface area contributed by atoms with E-state index < -0.39 is 12.0 Å². The van der Waals surface area contributed by atoms with Crippen molar-refractivity contribution in [3.8, 4) is 0 Å². The lowest BCUT2D eigenvalue weighted by atomic mass is 10.1. The molecule has 0 aliphatic heterocycles. The first-order valence-corrected chi connectivity index (χ1v) is 3.14. The lowest BCUT2D eigenvalue weighted by molar-refractivity contribution is -0.140. The van der Waals surface area contributed by atoms with Crippen LogP contribution >= 0.6 is 0 Å². The zero-order valence-corrected chi connectivity index (χ0v) is 6.33. The van der Waals surface area contributed by atoms with E-state index in [0.29, 0.717) is 6.41 Å². The van der Waals surface area contributed by atoms with E-state index in [-0.39, 0.29) is 6.42 Å². The molecule has 0 aliphatic rings. The normalized spacial score (nSPS) is 11.7. The Hall–Kier alpha value is -1.32. The molecule has 0 aromatic rings. The highest BCUT2D eigenvalue weighted by Gasteiger charge is 2.15. The molecular formula is C7H11NO3. The third kappa shape index (κ3) is 4.13. The summed E-state index contributed by atoms with van der Waals surface area (Å²) in [7, 11) is 0. The average molecular weight is 157 g/mol. The van der Waals surface area contributed by atoms with Gasteiger partial charge in [0.15, 0.2) is 0 Å². The van der Waals surface area contributed by atoms with Crippen LogP contribution < -0.4 is 5.32 Å². The van der Waals surface area contributed by atoms with Gasteiger partial charge in [-0.25, -0.2) is 4.79 Å². The quantitative estimate of drug-likeness (QED) is 0.441. The molecule has 11 heavy (non-hydrogen) atoms. The number of nitrogens with one attached hydrogen (secondary N) is 1. The van der Waals surface area contributed by atoms with Gasteiger partial charge in [0.2, 0.25) is 6.41 Å². The Morgan fingerprint density at radius 1 is 1.82 bits per heavy atom. The maximum absolute atomic E-state index is 10.4. The zero-order valence-electron chi connectivity index (χ0n) is 6.33. The van der Waals surface area contributed by atoms with Gasteiger partial charge in [-0.15, -0.1) is 6.58 Å². The van der Waals surface area contributed by atoms with Gasteiger partial charge in [0.05, 0.1) is 0 Å². The molecule has 0 aliphatic carbocycles. The van der Waals surface area contributed by atoms with Crippen molar-refractivity contribution >= 4 is 12.4 Å². The average Bonchev–Trinajstić information content (AvgIpc) is 1.86. The highest BCUT2D eigenvalue weighted by Crippen LogP contribution is 2.00. The molecule has 0 spiro atoms. The van der Waals surface area contributed by atoms with Crippen molar-refractivity contribution in [2.75, 3.05) is 0 Å². The van der Waals surface area contributed by atoms with Crippen LogP contribution in [0.3, 0.4) is 0 Å². The van der Waals surface area contributed by atoms with Gasteiger partial charge in [-0.3, -0.25) is 4.79 Å². The lowest BCUT2D eigenvalue weighted by Crippen LogP contribution is -2.35. The van der Waals surface area contributed by atoms with Crippen LogP contribution in [0.15, 0.2) is 12.2 Å². The number of hydrogen-bond donors (Lipinski definition) is 2. The van der Waals surface area contributed by atoms with Crippen molar-refractivity contribution in [2.24, 2.45) is 0 Å². The molecule has 1 unspecified atom stereocenters. The van der Waals surface area contributed by atoms with Gasteiger partial charge >= 0.3 is 5.97 Å². The molecule has 0 saturated carbocycles. The third-order valence-electron chi connectivity index (χ3n) is 1.12. The summed E-state index contributed by atoms with van der Waals surface area (Å²) >= 11 is 0. The molecule has 0 saturated heterocycles. The second kappa shape index (κ2) is 4.49. The van der Waals surface area contributed by atoms with Crippen molar-refractivity contribution in [1.82, 2.24) is 5.32 Å². The lowest BCUT2D eigenvalue weighted by Gasteiger charge is -2.09. The Balaban J connectivity index is 3.99. The van der Waals surface area contributed by atoms with E-state index in [2.05, 4.69) is 11.9 Å². The summed E-state index contributed by atoms with van der Waals surface area (Å²) < 4.78 is 0. The van der Waals surface area contributed by atoms with E-state index in [1.54, 1.807) is 6.92 Å². The molecule has 2 N–H and O–H groups in total. The summed E-state index contributed by atoms with van der Waals surface area (Å²) in [6, 6.07) is -0.843. The van der Waals surface area contributed by atoms with Crippen LogP contribution in [0.2, 0.25) is 0 Å². The summed E-state index contributed by atoms with van der Waals surface area (Å²) in [4.78, 5) is 20.3. The summed E-state index contributed by atoms with van der Waals surface area (Å²) in [5, 5.41) is 10.7. The van der Waals surface area contributed by atoms with Crippen molar-refractivity contribution in [1.29, 1.82) is 0 Å². The Bertz CT molecular complexity index is 177. The first-order valence-electron chi connectivity index (χ1n) is 3.14. The number of rotatable bonds is 5. The molecule has 4 nitrogen and oxygen atoms in total. The smallest absolute Gasteiger partial charge is 0.326 e. The largest absolute Gasteiger partial charge is 0.480 e. The van der Waals surface area contributed by atoms with Gasteiger partial charge in [-0.2, -0.15) is 0 Å². The van der Waals surface area contributed by atoms with Gasteiger partial charge in [0, 0.05) is 0 Å². The van der Waals surface area contributed by atoms with Crippen LogP contribution in [0.4, 0.5) is 0 Å². The Morgan fingerprint density at radius 2 is 2.36 bits per heavy atom. The number of carbonyl (C=O) groups excluding carboxylic acids is 1. The van der Waals surface area contributed by atoms with E-state index in [0.717, 1.165) is 5.57 Å². The maximum atomic E-state index is 10.4. The molecule has 0 fully saturated rings. The van der Waals surface area contributed by atoms with E-state index in [1.165, 1.54) is 0 Å². The number of carboxylic acids is 1. The summed E-state index contributed by atoms with van der Waals surface area (Å²) in [5.74, 6) is -1.04. The predicted molar refractivity (Wildman–Crippen MR) is 40.1 cm³/mol. The van der Waals surface area contributed by atoms with Crippen LogP contribution in [0.25, 0.3) is 0 Å². The number of carboxylic acid groups (broad SMARTS) is 1. The monoisotopic (exact) mass is 157 g/mol. The van der Waals surface area contributed by atoms with Crippen LogP contribution in [-0.2, 0) is 9.59 Å². The summed E-state index contributed by atoms with van der Waals surface area (Å²) in [6.07, 6.45) is 0.649. The van der Waals surface area contributed by atoms with E-state index in [9.17, 15) is 9.59 Å². The highest BCUT2D eigenvalue weighted by molar-refractivity contribution is 5.76. The van der Waals surface area contributed by atoms with Crippen LogP contribution in [0.5, 0.6) is 0 Å². The molecule has 0 rings (SSSR count). The minimum atomic E-state index is -1.04. The maximum Gasteiger partial charge on any atom is 0.326 e. The fourth-order valence-corrected chi connectivity index (χ4v) is 0.648. The van der Waals surface area contributed by atoms with Gasteiger partial charge in [-0.1, -0.05) is 5.57 Å². The van der Waals surface area contributed by atoms with Crippen LogP contribution in [0, 0.1) is 0 Å². The Kier molecular flexibility index (Phi) is 3.95. The van der Waals surface area contributed by atoms with E-state index >= 15 is 0 Å². The van der Waals surface area contributed by atoms with Crippen LogP contribution in [0.1, 0.15) is 13.3 Å². The SMILES string of the molecule is C=C(C)CC(NC=O)C(=O)O. The Morgan fingerprint density at radius 3 is 2.64 bits per heavy atom. The third-order valence-corrected chi connectivity index (χ3v) is 1.12. The molecule has 1 atom stereocenters. The molecule has 4 heteroatoms. The molecule has 0 aromatic carbocycles. The van der Waals surface area contributed by atoms with E-state index in [4.69, 9.17) is 5.11 Å². The molecule has 0 aromatic heterocycles. The molecule has 0 heterocycles. The first-order chi connectivity index (χ1) is 5.07. The number of aliphatic carboxylic acids is 1. The molecule has 1 amide bonds. The van der Waals surface area contributed by atoms with Crippen LogP contribution in [-0.4, -0.2) is 23.5 Å². The number of hydrogen-bond acceptors (Lipinski definition) is 2. The fourth-order valence-electron chi connectivity index (χ4n) is 0.648. The van der Waals surface area contributed by atoms with Crippen molar-refractivity contribution in [2.45, 2.75) is 19.4 Å². The molecular weight excluding hydrogens is 146 g/mol. The Labute approximate surface area is 64.9 Å². The van der Waals surface area contributed by atoms with Gasteiger partial charge in [0.1, 0.15) is 6.04 Å². The predicted octanol–water partition coefficient (Wildman–Crippen LogP) is 0.152. The fraction of sp³-hybridized carbons (Fsp3) is 0.429. The number of carbonyl (C=O) groups is 2. The summed E-state index contributed by atoms with van der Waals surface area (Å²) in [6.45, 7) is 5.25. The van der Waals surface area contributed by atoms with Gasteiger partial charge in [-0.05, 0) is 13.3 Å². The topological polar surface area (TPSA) is 66.4 Å². The molecule has 0 bridgehead atoms. The highest BCUT2D eigenvalue weighted by atomic mass is 16.4. The van der Waals surface area contributed by atoms with Crippen molar-refractivity contribution in [3.05, 3.63) is 12.2 Å². The first kappa shape index (κ1) is 9.68. The van der Waals surface area contributed by atoms with E-state index in [1.807, 2.05) is 0 Å². The minimum Gasteiger partial charge on any atom is -0.480 e. The number of amides is 1.